The first-order chi connectivity index (χ1) is 13.9. The molecule has 0 radical (unpaired) electrons. The third-order valence-corrected chi connectivity index (χ3v) is 4.31. The number of benzene rings is 2. The molecule has 0 aliphatic rings. The van der Waals surface area contributed by atoms with Crippen molar-refractivity contribution in [1.29, 1.82) is 0 Å². The highest BCUT2D eigenvalue weighted by Gasteiger charge is 2.36. The molecule has 0 aliphatic carbocycles. The van der Waals surface area contributed by atoms with Crippen molar-refractivity contribution in [3.8, 4) is 5.75 Å². The number of hydrogen-bond donors (Lipinski definition) is 2. The van der Waals surface area contributed by atoms with Gasteiger partial charge in [-0.2, -0.15) is 26.3 Å². The number of aryl methyl sites for hydroxylation is 1. The third-order valence-electron chi connectivity index (χ3n) is 4.31. The molecule has 3 rings (SSSR count). The van der Waals surface area contributed by atoms with Gasteiger partial charge in [-0.25, -0.2) is 0 Å². The molecule has 0 unspecified atom stereocenters. The summed E-state index contributed by atoms with van der Waals surface area (Å²) in [7, 11) is 0. The van der Waals surface area contributed by atoms with Crippen LogP contribution < -0.4 is 4.74 Å². The Hall–Kier alpha value is -3.17. The van der Waals surface area contributed by atoms with E-state index < -0.39 is 36.1 Å². The fourth-order valence-corrected chi connectivity index (χ4v) is 2.91. The van der Waals surface area contributed by atoms with Gasteiger partial charge in [0.25, 0.3) is 0 Å². The smallest absolute Gasteiger partial charge is 0.416 e. The van der Waals surface area contributed by atoms with Crippen LogP contribution in [0.2, 0.25) is 0 Å². The molecule has 1 aromatic heterocycles. The van der Waals surface area contributed by atoms with Gasteiger partial charge in [-0.3, -0.25) is 4.79 Å². The van der Waals surface area contributed by atoms with Crippen LogP contribution in [0.3, 0.4) is 0 Å². The molecule has 4 nitrogen and oxygen atoms in total. The molecule has 0 saturated carbocycles. The number of H-pyrrole nitrogens is 1. The number of rotatable bonds is 6. The zero-order chi connectivity index (χ0) is 22.1. The predicted molar refractivity (Wildman–Crippen MR) is 95.0 cm³/mol. The Morgan fingerprint density at radius 2 is 1.57 bits per heavy atom. The van der Waals surface area contributed by atoms with E-state index in [-0.39, 0.29) is 30.2 Å². The van der Waals surface area contributed by atoms with E-state index in [4.69, 9.17) is 9.84 Å². The number of aromatic amines is 1. The Morgan fingerprint density at radius 1 is 0.933 bits per heavy atom. The standard InChI is InChI=1S/C20H15F6NO3/c21-19(22,23)13-5-11(6-14(9-13)20(24,25)26)10-30-16-2-3-17-12(8-16)7-15(27-17)1-4-18(28)29/h2-3,5-9,27H,1,4,10H2,(H,28,29). The summed E-state index contributed by atoms with van der Waals surface area (Å²) in [6.07, 6.45) is -9.63. The SMILES string of the molecule is O=C(O)CCc1cc2cc(OCc3cc(C(F)(F)F)cc(C(F)(F)F)c3)ccc2[nH]1. The number of alkyl halides is 6. The van der Waals surface area contributed by atoms with Crippen LogP contribution in [0.5, 0.6) is 5.75 Å². The maximum Gasteiger partial charge on any atom is 0.416 e. The third kappa shape index (κ3) is 5.25. The first-order valence-corrected chi connectivity index (χ1v) is 8.66. The Bertz CT molecular complexity index is 1040. The van der Waals surface area contributed by atoms with Gasteiger partial charge < -0.3 is 14.8 Å². The molecular formula is C20H15F6NO3. The summed E-state index contributed by atoms with van der Waals surface area (Å²) in [5, 5.41) is 9.41. The van der Waals surface area contributed by atoms with Gasteiger partial charge in [0.2, 0.25) is 0 Å². The molecule has 0 saturated heterocycles. The second-order valence-electron chi connectivity index (χ2n) is 6.64. The highest BCUT2D eigenvalue weighted by Crippen LogP contribution is 2.36. The van der Waals surface area contributed by atoms with E-state index in [0.717, 1.165) is 0 Å². The summed E-state index contributed by atoms with van der Waals surface area (Å²) in [5.74, 6) is -0.700. The fraction of sp³-hybridized carbons (Fsp3) is 0.250. The lowest BCUT2D eigenvalue weighted by Gasteiger charge is -2.14. The topological polar surface area (TPSA) is 62.3 Å². The predicted octanol–water partition coefficient (Wildman–Crippen LogP) is 5.80. The molecule has 0 aliphatic heterocycles. The van der Waals surface area contributed by atoms with Crippen LogP contribution in [0, 0.1) is 0 Å². The number of ether oxygens (including phenoxy) is 1. The summed E-state index contributed by atoms with van der Waals surface area (Å²) in [4.78, 5) is 13.7. The summed E-state index contributed by atoms with van der Waals surface area (Å²) in [6.45, 7) is -0.491. The van der Waals surface area contributed by atoms with E-state index in [1.165, 1.54) is 6.07 Å². The van der Waals surface area contributed by atoms with Crippen molar-refractivity contribution < 1.29 is 41.0 Å². The van der Waals surface area contributed by atoms with Gasteiger partial charge in [-0.1, -0.05) is 0 Å². The minimum atomic E-state index is -4.92. The van der Waals surface area contributed by atoms with Gasteiger partial charge in [0.1, 0.15) is 12.4 Å². The van der Waals surface area contributed by atoms with Gasteiger partial charge in [-0.05, 0) is 54.4 Å². The number of hydrogen-bond acceptors (Lipinski definition) is 2. The van der Waals surface area contributed by atoms with Gasteiger partial charge in [-0.15, -0.1) is 0 Å². The Kier molecular flexibility index (Phi) is 5.69. The average Bonchev–Trinajstić information content (AvgIpc) is 3.05. The summed E-state index contributed by atoms with van der Waals surface area (Å²) in [6, 6.07) is 7.71. The molecule has 0 amide bonds. The first-order valence-electron chi connectivity index (χ1n) is 8.66. The van der Waals surface area contributed by atoms with Crippen LogP contribution in [0.4, 0.5) is 26.3 Å². The molecule has 1 heterocycles. The van der Waals surface area contributed by atoms with E-state index in [0.29, 0.717) is 28.7 Å². The number of aliphatic carboxylic acids is 1. The highest BCUT2D eigenvalue weighted by atomic mass is 19.4. The van der Waals surface area contributed by atoms with E-state index in [2.05, 4.69) is 4.98 Å². The summed E-state index contributed by atoms with van der Waals surface area (Å²) < 4.78 is 83.0. The van der Waals surface area contributed by atoms with Crippen LogP contribution in [-0.4, -0.2) is 16.1 Å². The van der Waals surface area contributed by atoms with Crippen molar-refractivity contribution in [1.82, 2.24) is 4.98 Å². The van der Waals surface area contributed by atoms with E-state index >= 15 is 0 Å². The number of aromatic nitrogens is 1. The van der Waals surface area contributed by atoms with Crippen LogP contribution >= 0.6 is 0 Å². The lowest BCUT2D eigenvalue weighted by atomic mass is 10.1. The van der Waals surface area contributed by atoms with Crippen LogP contribution in [0.1, 0.15) is 28.8 Å². The van der Waals surface area contributed by atoms with Crippen LogP contribution in [0.25, 0.3) is 10.9 Å². The molecule has 3 aromatic rings. The average molecular weight is 431 g/mol. The maximum absolute atomic E-state index is 12.9. The van der Waals surface area contributed by atoms with Crippen molar-refractivity contribution in [2.24, 2.45) is 0 Å². The molecular weight excluding hydrogens is 416 g/mol. The molecule has 0 spiro atoms. The normalized spacial score (nSPS) is 12.3. The second kappa shape index (κ2) is 7.92. The van der Waals surface area contributed by atoms with Gasteiger partial charge >= 0.3 is 18.3 Å². The lowest BCUT2D eigenvalue weighted by Crippen LogP contribution is -2.12. The Balaban J connectivity index is 1.80. The Morgan fingerprint density at radius 3 is 2.13 bits per heavy atom. The number of carboxylic acid groups (broad SMARTS) is 1. The molecule has 30 heavy (non-hydrogen) atoms. The summed E-state index contributed by atoms with van der Waals surface area (Å²) >= 11 is 0. The zero-order valence-electron chi connectivity index (χ0n) is 15.2. The highest BCUT2D eigenvalue weighted by molar-refractivity contribution is 5.82. The molecule has 0 fully saturated rings. The van der Waals surface area contributed by atoms with E-state index in [9.17, 15) is 31.1 Å². The van der Waals surface area contributed by atoms with Crippen molar-refractivity contribution >= 4 is 16.9 Å². The number of halogens is 6. The number of nitrogens with one attached hydrogen (secondary N) is 1. The lowest BCUT2D eigenvalue weighted by molar-refractivity contribution is -0.143. The van der Waals surface area contributed by atoms with Crippen molar-refractivity contribution in [3.63, 3.8) is 0 Å². The quantitative estimate of drug-likeness (QED) is 0.485. The number of carboxylic acids is 1. The van der Waals surface area contributed by atoms with Crippen molar-refractivity contribution in [2.75, 3.05) is 0 Å². The molecule has 0 atom stereocenters. The van der Waals surface area contributed by atoms with Crippen molar-refractivity contribution in [3.05, 3.63) is 64.8 Å². The largest absolute Gasteiger partial charge is 0.489 e. The molecule has 2 N–H and O–H groups in total. The van der Waals surface area contributed by atoms with Gasteiger partial charge in [0.15, 0.2) is 0 Å². The van der Waals surface area contributed by atoms with Crippen LogP contribution in [0.15, 0.2) is 42.5 Å². The minimum Gasteiger partial charge on any atom is -0.489 e. The Labute approximate surface area is 166 Å². The van der Waals surface area contributed by atoms with Gasteiger partial charge in [0, 0.05) is 16.6 Å². The zero-order valence-corrected chi connectivity index (χ0v) is 15.2. The van der Waals surface area contributed by atoms with Gasteiger partial charge in [0.05, 0.1) is 17.5 Å². The maximum atomic E-state index is 12.9. The first kappa shape index (κ1) is 21.5. The number of fused-ring (bicyclic) bond motifs is 1. The summed E-state index contributed by atoms with van der Waals surface area (Å²) in [5.41, 5.74) is -1.70. The second-order valence-corrected chi connectivity index (χ2v) is 6.64. The van der Waals surface area contributed by atoms with E-state index in [1.54, 1.807) is 18.2 Å². The van der Waals surface area contributed by atoms with Crippen molar-refractivity contribution in [2.45, 2.75) is 31.8 Å². The molecule has 2 aromatic carbocycles. The number of carbonyl (C=O) groups is 1. The van der Waals surface area contributed by atoms with Crippen LogP contribution in [-0.2, 0) is 30.2 Å². The fourth-order valence-electron chi connectivity index (χ4n) is 2.91. The monoisotopic (exact) mass is 431 g/mol. The van der Waals surface area contributed by atoms with E-state index in [1.807, 2.05) is 0 Å². The minimum absolute atomic E-state index is 0.0622. The molecule has 160 valence electrons. The molecule has 10 heteroatoms. The molecule has 0 bridgehead atoms.